The molecule has 0 aromatic heterocycles. The van der Waals surface area contributed by atoms with Crippen LogP contribution >= 0.6 is 0 Å². The van der Waals surface area contributed by atoms with E-state index in [9.17, 15) is 4.79 Å². The van der Waals surface area contributed by atoms with Gasteiger partial charge in [-0.15, -0.1) is 0 Å². The van der Waals surface area contributed by atoms with E-state index in [-0.39, 0.29) is 5.91 Å². The van der Waals surface area contributed by atoms with Gasteiger partial charge in [0, 0.05) is 6.04 Å². The van der Waals surface area contributed by atoms with Crippen molar-refractivity contribution in [2.45, 2.75) is 58.4 Å². The highest BCUT2D eigenvalue weighted by Gasteiger charge is 2.17. The van der Waals surface area contributed by atoms with Crippen molar-refractivity contribution >= 4 is 5.91 Å². The second-order valence-corrected chi connectivity index (χ2v) is 4.77. The van der Waals surface area contributed by atoms with Crippen LogP contribution in [0.25, 0.3) is 0 Å². The molecule has 0 aliphatic heterocycles. The maximum absolute atomic E-state index is 11.8. The van der Waals surface area contributed by atoms with E-state index in [0.717, 1.165) is 13.1 Å². The largest absolute Gasteiger partial charge is 0.352 e. The highest BCUT2D eigenvalue weighted by Crippen LogP contribution is 2.17. The Morgan fingerprint density at radius 2 is 2.00 bits per heavy atom. The lowest BCUT2D eigenvalue weighted by atomic mass is 10.2. The molecule has 0 atom stereocenters. The fraction of sp³-hybridized carbons (Fsp3) is 0.923. The predicted molar refractivity (Wildman–Crippen MR) is 67.4 cm³/mol. The summed E-state index contributed by atoms with van der Waals surface area (Å²) in [6.07, 6.45) is 7.28. The van der Waals surface area contributed by atoms with Crippen molar-refractivity contribution in [3.8, 4) is 0 Å². The van der Waals surface area contributed by atoms with Gasteiger partial charge in [0.2, 0.25) is 5.91 Å². The Bertz CT molecular complexity index is 200. The number of unbranched alkanes of at least 4 members (excludes halogenated alkanes) is 1. The Balaban J connectivity index is 2.19. The molecule has 0 aromatic rings. The van der Waals surface area contributed by atoms with Gasteiger partial charge < -0.3 is 5.32 Å². The van der Waals surface area contributed by atoms with Crippen LogP contribution < -0.4 is 5.32 Å². The SMILES string of the molecule is CCCCN(CC)CC(=O)NC1CCCC1. The summed E-state index contributed by atoms with van der Waals surface area (Å²) in [5.74, 6) is 0.213. The average Bonchev–Trinajstić information content (AvgIpc) is 2.76. The summed E-state index contributed by atoms with van der Waals surface area (Å²) in [7, 11) is 0. The van der Waals surface area contributed by atoms with Gasteiger partial charge in [0.05, 0.1) is 6.54 Å². The van der Waals surface area contributed by atoms with Crippen LogP contribution in [0.5, 0.6) is 0 Å². The molecule has 0 aromatic carbocycles. The van der Waals surface area contributed by atoms with Crippen molar-refractivity contribution in [3.63, 3.8) is 0 Å². The number of hydrogen-bond acceptors (Lipinski definition) is 2. The van der Waals surface area contributed by atoms with Crippen molar-refractivity contribution in [1.82, 2.24) is 10.2 Å². The first-order chi connectivity index (χ1) is 7.76. The first-order valence-electron chi connectivity index (χ1n) is 6.78. The monoisotopic (exact) mass is 226 g/mol. The van der Waals surface area contributed by atoms with Gasteiger partial charge in [0.15, 0.2) is 0 Å². The summed E-state index contributed by atoms with van der Waals surface area (Å²) in [6.45, 7) is 6.90. The van der Waals surface area contributed by atoms with E-state index in [4.69, 9.17) is 0 Å². The van der Waals surface area contributed by atoms with Crippen LogP contribution in [0, 0.1) is 0 Å². The summed E-state index contributed by atoms with van der Waals surface area (Å²) in [6, 6.07) is 0.456. The molecule has 16 heavy (non-hydrogen) atoms. The number of rotatable bonds is 7. The molecule has 1 saturated carbocycles. The molecule has 0 bridgehead atoms. The fourth-order valence-corrected chi connectivity index (χ4v) is 2.28. The van der Waals surface area contributed by atoms with Gasteiger partial charge >= 0.3 is 0 Å². The minimum atomic E-state index is 0.213. The zero-order valence-corrected chi connectivity index (χ0v) is 10.8. The van der Waals surface area contributed by atoms with E-state index in [2.05, 4.69) is 24.1 Å². The number of hydrogen-bond donors (Lipinski definition) is 1. The lowest BCUT2D eigenvalue weighted by molar-refractivity contribution is -0.122. The van der Waals surface area contributed by atoms with Crippen LogP contribution in [0.3, 0.4) is 0 Å². The average molecular weight is 226 g/mol. The molecule has 1 N–H and O–H groups in total. The van der Waals surface area contributed by atoms with Gasteiger partial charge in [-0.25, -0.2) is 0 Å². The van der Waals surface area contributed by atoms with Gasteiger partial charge in [-0.3, -0.25) is 9.69 Å². The van der Waals surface area contributed by atoms with E-state index in [0.29, 0.717) is 12.6 Å². The second-order valence-electron chi connectivity index (χ2n) is 4.77. The van der Waals surface area contributed by atoms with Crippen LogP contribution in [0.1, 0.15) is 52.4 Å². The van der Waals surface area contributed by atoms with E-state index >= 15 is 0 Å². The zero-order chi connectivity index (χ0) is 11.8. The fourth-order valence-electron chi connectivity index (χ4n) is 2.28. The smallest absolute Gasteiger partial charge is 0.234 e. The Kier molecular flexibility index (Phi) is 6.46. The van der Waals surface area contributed by atoms with E-state index < -0.39 is 0 Å². The molecule has 0 spiro atoms. The van der Waals surface area contributed by atoms with E-state index in [1.54, 1.807) is 0 Å². The molecule has 1 amide bonds. The van der Waals surface area contributed by atoms with Gasteiger partial charge in [0.1, 0.15) is 0 Å². The summed E-state index contributed by atoms with van der Waals surface area (Å²) in [4.78, 5) is 14.0. The predicted octanol–water partition coefficient (Wildman–Crippen LogP) is 2.17. The second kappa shape index (κ2) is 7.66. The molecule has 0 unspecified atom stereocenters. The molecule has 1 rings (SSSR count). The summed E-state index contributed by atoms with van der Waals surface area (Å²) >= 11 is 0. The van der Waals surface area contributed by atoms with Crippen LogP contribution in [0.15, 0.2) is 0 Å². The number of likely N-dealkylation sites (N-methyl/N-ethyl adjacent to an activating group) is 1. The van der Waals surface area contributed by atoms with Crippen molar-refractivity contribution < 1.29 is 4.79 Å². The van der Waals surface area contributed by atoms with Gasteiger partial charge in [0.25, 0.3) is 0 Å². The molecule has 0 heterocycles. The van der Waals surface area contributed by atoms with Crippen LogP contribution in [0.4, 0.5) is 0 Å². The van der Waals surface area contributed by atoms with Crippen LogP contribution in [0.2, 0.25) is 0 Å². The molecule has 3 heteroatoms. The lowest BCUT2D eigenvalue weighted by Crippen LogP contribution is -2.41. The molecule has 0 radical (unpaired) electrons. The summed E-state index contributed by atoms with van der Waals surface area (Å²) in [5.41, 5.74) is 0. The quantitative estimate of drug-likeness (QED) is 0.721. The van der Waals surface area contributed by atoms with Crippen LogP contribution in [-0.2, 0) is 4.79 Å². The molecule has 1 fully saturated rings. The molecular formula is C13H26N2O. The van der Waals surface area contributed by atoms with Crippen molar-refractivity contribution in [1.29, 1.82) is 0 Å². The summed E-state index contributed by atoms with van der Waals surface area (Å²) in [5, 5.41) is 3.14. The maximum atomic E-state index is 11.8. The maximum Gasteiger partial charge on any atom is 0.234 e. The van der Waals surface area contributed by atoms with E-state index in [1.165, 1.54) is 38.5 Å². The first-order valence-corrected chi connectivity index (χ1v) is 6.78. The standard InChI is InChI=1S/C13H26N2O/c1-3-5-10-15(4-2)11-13(16)14-12-8-6-7-9-12/h12H,3-11H2,1-2H3,(H,14,16). The Labute approximate surface area is 99.6 Å². The minimum absolute atomic E-state index is 0.213. The van der Waals surface area contributed by atoms with Crippen molar-refractivity contribution in [3.05, 3.63) is 0 Å². The summed E-state index contributed by atoms with van der Waals surface area (Å²) < 4.78 is 0. The molecule has 1 aliphatic rings. The molecule has 94 valence electrons. The van der Waals surface area contributed by atoms with Crippen LogP contribution in [-0.4, -0.2) is 36.5 Å². The molecule has 0 saturated heterocycles. The third kappa shape index (κ3) is 4.97. The highest BCUT2D eigenvalue weighted by molar-refractivity contribution is 5.78. The first kappa shape index (κ1) is 13.5. The number of nitrogens with one attached hydrogen (secondary N) is 1. The third-order valence-corrected chi connectivity index (χ3v) is 3.36. The highest BCUT2D eigenvalue weighted by atomic mass is 16.2. The number of amides is 1. The number of carbonyl (C=O) groups is 1. The molecule has 3 nitrogen and oxygen atoms in total. The Morgan fingerprint density at radius 1 is 1.31 bits per heavy atom. The van der Waals surface area contributed by atoms with Gasteiger partial charge in [-0.05, 0) is 32.4 Å². The number of carbonyl (C=O) groups excluding carboxylic acids is 1. The lowest BCUT2D eigenvalue weighted by Gasteiger charge is -2.21. The molecule has 1 aliphatic carbocycles. The van der Waals surface area contributed by atoms with Gasteiger partial charge in [-0.1, -0.05) is 33.1 Å². The normalized spacial score (nSPS) is 16.9. The third-order valence-electron chi connectivity index (χ3n) is 3.36. The minimum Gasteiger partial charge on any atom is -0.352 e. The zero-order valence-electron chi connectivity index (χ0n) is 10.8. The molecular weight excluding hydrogens is 200 g/mol. The van der Waals surface area contributed by atoms with Crippen molar-refractivity contribution in [2.24, 2.45) is 0 Å². The van der Waals surface area contributed by atoms with Gasteiger partial charge in [-0.2, -0.15) is 0 Å². The van der Waals surface area contributed by atoms with Crippen molar-refractivity contribution in [2.75, 3.05) is 19.6 Å². The van der Waals surface area contributed by atoms with E-state index in [1.807, 2.05) is 0 Å². The Hall–Kier alpha value is -0.570. The Morgan fingerprint density at radius 3 is 2.56 bits per heavy atom. The topological polar surface area (TPSA) is 32.3 Å². The number of nitrogens with zero attached hydrogens (tertiary/aromatic N) is 1.